The Morgan fingerprint density at radius 3 is 2.43 bits per heavy atom. The van der Waals surface area contributed by atoms with Gasteiger partial charge in [-0.1, -0.05) is 39.7 Å². The Hall–Kier alpha value is -1.93. The number of nitrogens with zero attached hydrogens (tertiary/aromatic N) is 2. The van der Waals surface area contributed by atoms with Crippen LogP contribution in [-0.4, -0.2) is 80.8 Å². The summed E-state index contributed by atoms with van der Waals surface area (Å²) in [5.74, 6) is -3.23. The van der Waals surface area contributed by atoms with E-state index in [1.165, 1.54) is 0 Å². The number of likely N-dealkylation sites (tertiary alicyclic amines) is 1. The molecule has 0 aromatic heterocycles. The second kappa shape index (κ2) is 10.2. The van der Waals surface area contributed by atoms with Gasteiger partial charge >= 0.3 is 5.97 Å². The number of hydrogen-bond donors (Lipinski definition) is 2. The molecule has 5 atom stereocenters. The number of carboxylic acid groups (broad SMARTS) is 1. The molecule has 198 valence electrons. The number of rotatable bonds is 12. The highest BCUT2D eigenvalue weighted by atomic mass is 16.5. The highest BCUT2D eigenvalue weighted by Gasteiger charge is 2.75. The monoisotopic (exact) mass is 492 g/mol. The lowest BCUT2D eigenvalue weighted by Crippen LogP contribution is -2.61. The zero-order chi connectivity index (χ0) is 26.2. The van der Waals surface area contributed by atoms with Crippen LogP contribution in [-0.2, 0) is 19.1 Å². The van der Waals surface area contributed by atoms with E-state index in [1.807, 2.05) is 18.7 Å². The zero-order valence-corrected chi connectivity index (χ0v) is 22.1. The molecule has 8 nitrogen and oxygen atoms in total. The smallest absolute Gasteiger partial charge is 0.310 e. The van der Waals surface area contributed by atoms with Crippen molar-refractivity contribution in [3.8, 4) is 0 Å². The van der Waals surface area contributed by atoms with Crippen LogP contribution in [0.15, 0.2) is 12.7 Å². The molecule has 0 aromatic carbocycles. The maximum atomic E-state index is 14.4. The van der Waals surface area contributed by atoms with E-state index < -0.39 is 41.1 Å². The summed E-state index contributed by atoms with van der Waals surface area (Å²) in [5, 5.41) is 19.0. The molecule has 3 rings (SSSR count). The molecule has 2 N–H and O–H groups in total. The number of aliphatic hydroxyl groups is 1. The molecule has 0 aromatic rings. The van der Waals surface area contributed by atoms with Crippen LogP contribution in [0.3, 0.4) is 0 Å². The summed E-state index contributed by atoms with van der Waals surface area (Å²) in [7, 11) is 0. The van der Waals surface area contributed by atoms with Gasteiger partial charge in [0.25, 0.3) is 0 Å². The van der Waals surface area contributed by atoms with E-state index in [0.29, 0.717) is 38.8 Å². The third kappa shape index (κ3) is 5.15. The summed E-state index contributed by atoms with van der Waals surface area (Å²) >= 11 is 0. The van der Waals surface area contributed by atoms with E-state index in [2.05, 4.69) is 27.4 Å². The van der Waals surface area contributed by atoms with Crippen molar-refractivity contribution >= 4 is 17.8 Å². The van der Waals surface area contributed by atoms with Crippen molar-refractivity contribution in [2.45, 2.75) is 103 Å². The molecule has 0 saturated carbocycles. The van der Waals surface area contributed by atoms with Crippen molar-refractivity contribution in [3.05, 3.63) is 12.7 Å². The lowest BCUT2D eigenvalue weighted by Gasteiger charge is -2.45. The molecule has 3 aliphatic rings. The first-order valence-corrected chi connectivity index (χ1v) is 13.0. The first-order chi connectivity index (χ1) is 16.3. The predicted molar refractivity (Wildman–Crippen MR) is 133 cm³/mol. The van der Waals surface area contributed by atoms with Gasteiger partial charge in [0.1, 0.15) is 11.6 Å². The van der Waals surface area contributed by atoms with Gasteiger partial charge in [-0.3, -0.25) is 14.4 Å². The van der Waals surface area contributed by atoms with Gasteiger partial charge in [0.2, 0.25) is 11.8 Å². The van der Waals surface area contributed by atoms with Gasteiger partial charge in [0.15, 0.2) is 0 Å². The van der Waals surface area contributed by atoms with Crippen LogP contribution in [0, 0.1) is 17.3 Å². The summed E-state index contributed by atoms with van der Waals surface area (Å²) in [4.78, 5) is 43.7. The molecule has 3 saturated heterocycles. The molecule has 35 heavy (non-hydrogen) atoms. The van der Waals surface area contributed by atoms with Crippen LogP contribution < -0.4 is 0 Å². The molecule has 2 amide bonds. The zero-order valence-electron chi connectivity index (χ0n) is 22.1. The van der Waals surface area contributed by atoms with Gasteiger partial charge in [-0.2, -0.15) is 0 Å². The first-order valence-electron chi connectivity index (χ1n) is 13.0. The van der Waals surface area contributed by atoms with Crippen molar-refractivity contribution in [1.29, 1.82) is 0 Å². The predicted octanol–water partition coefficient (Wildman–Crippen LogP) is 3.23. The molecule has 1 spiro atoms. The Bertz CT molecular complexity index is 834. The summed E-state index contributed by atoms with van der Waals surface area (Å²) in [6, 6.07) is -0.841. The average molecular weight is 493 g/mol. The Morgan fingerprint density at radius 1 is 1.20 bits per heavy atom. The number of hydrogen-bond acceptors (Lipinski definition) is 5. The first kappa shape index (κ1) is 27.7. The average Bonchev–Trinajstić information content (AvgIpc) is 3.37. The van der Waals surface area contributed by atoms with E-state index in [9.17, 15) is 19.5 Å². The Morgan fingerprint density at radius 2 is 1.86 bits per heavy atom. The number of fused-ring (bicyclic) bond motifs is 1. The summed E-state index contributed by atoms with van der Waals surface area (Å²) in [6.45, 7) is 15.2. The molecular weight excluding hydrogens is 448 g/mol. The van der Waals surface area contributed by atoms with Gasteiger partial charge in [-0.05, 0) is 51.4 Å². The topological polar surface area (TPSA) is 107 Å². The quantitative estimate of drug-likeness (QED) is 0.320. The van der Waals surface area contributed by atoms with Crippen molar-refractivity contribution in [3.63, 3.8) is 0 Å². The van der Waals surface area contributed by atoms with Crippen LogP contribution in [0.25, 0.3) is 0 Å². The van der Waals surface area contributed by atoms with Crippen molar-refractivity contribution in [2.24, 2.45) is 17.3 Å². The number of aliphatic hydroxyl groups excluding tert-OH is 1. The summed E-state index contributed by atoms with van der Waals surface area (Å²) in [6.07, 6.45) is 6.02. The minimum absolute atomic E-state index is 0.0291. The van der Waals surface area contributed by atoms with Crippen LogP contribution in [0.1, 0.15) is 79.6 Å². The van der Waals surface area contributed by atoms with Crippen molar-refractivity contribution < 1.29 is 29.3 Å². The second-order valence-electron chi connectivity index (χ2n) is 12.4. The molecule has 0 unspecified atom stereocenters. The molecule has 0 aliphatic carbocycles. The van der Waals surface area contributed by atoms with E-state index >= 15 is 0 Å². The standard InChI is InChI=1S/C27H44N2O6/c1-7-14-29(26(5,6)17-25(2,3)4)23(32)21-27-13-12-18(35-27)19(24(33)34)20(27)22(31)28(21)15-10-8-9-11-16-30/h7,18-21,30H,1,8-17H2,2-6H3,(H,33,34)/t18-,19+,20+,21-,27+/m1/s1. The minimum atomic E-state index is -1.09. The third-order valence-corrected chi connectivity index (χ3v) is 7.90. The Kier molecular flexibility index (Phi) is 8.07. The third-order valence-electron chi connectivity index (χ3n) is 7.90. The van der Waals surface area contributed by atoms with Crippen LogP contribution >= 0.6 is 0 Å². The number of unbranched alkanes of at least 4 members (excludes halogenated alkanes) is 3. The maximum absolute atomic E-state index is 14.4. The Balaban J connectivity index is 1.98. The van der Waals surface area contributed by atoms with Gasteiger partial charge in [-0.25, -0.2) is 0 Å². The number of carbonyl (C=O) groups is 3. The van der Waals surface area contributed by atoms with Crippen LogP contribution in [0.4, 0.5) is 0 Å². The minimum Gasteiger partial charge on any atom is -0.481 e. The van der Waals surface area contributed by atoms with Crippen LogP contribution in [0.5, 0.6) is 0 Å². The molecule has 8 heteroatoms. The van der Waals surface area contributed by atoms with Crippen molar-refractivity contribution in [2.75, 3.05) is 19.7 Å². The van der Waals surface area contributed by atoms with E-state index in [1.54, 1.807) is 11.0 Å². The lowest BCUT2D eigenvalue weighted by atomic mass is 9.70. The number of carboxylic acids is 1. The van der Waals surface area contributed by atoms with Crippen molar-refractivity contribution in [1.82, 2.24) is 9.80 Å². The van der Waals surface area contributed by atoms with E-state index in [4.69, 9.17) is 9.84 Å². The van der Waals surface area contributed by atoms with Gasteiger partial charge in [0, 0.05) is 25.2 Å². The SMILES string of the molecule is C=CCN(C(=O)[C@H]1N(CCCCCCO)C(=O)[C@@H]2[C@@H](C(=O)O)[C@H]3CC[C@]21O3)C(C)(C)CC(C)(C)C. The summed E-state index contributed by atoms with van der Waals surface area (Å²) in [5.41, 5.74) is -1.63. The molecule has 3 heterocycles. The van der Waals surface area contributed by atoms with E-state index in [0.717, 1.165) is 19.3 Å². The number of amides is 2. The number of carbonyl (C=O) groups excluding carboxylic acids is 2. The fourth-order valence-electron chi connectivity index (χ4n) is 7.01. The highest BCUT2D eigenvalue weighted by Crippen LogP contribution is 2.58. The molecule has 3 fully saturated rings. The number of aliphatic carboxylic acids is 1. The number of ether oxygens (including phenoxy) is 1. The largest absolute Gasteiger partial charge is 0.481 e. The fraction of sp³-hybridized carbons (Fsp3) is 0.815. The van der Waals surface area contributed by atoms with Crippen LogP contribution in [0.2, 0.25) is 0 Å². The second-order valence-corrected chi connectivity index (χ2v) is 12.4. The van der Waals surface area contributed by atoms with Gasteiger partial charge in [-0.15, -0.1) is 6.58 Å². The molecular formula is C27H44N2O6. The normalized spacial score (nSPS) is 30.0. The summed E-state index contributed by atoms with van der Waals surface area (Å²) < 4.78 is 6.33. The molecule has 0 radical (unpaired) electrons. The Labute approximate surface area is 209 Å². The molecule has 3 aliphatic heterocycles. The lowest BCUT2D eigenvalue weighted by molar-refractivity contribution is -0.153. The van der Waals surface area contributed by atoms with Gasteiger partial charge in [0.05, 0.1) is 17.9 Å². The highest BCUT2D eigenvalue weighted by molar-refractivity contribution is 5.98. The van der Waals surface area contributed by atoms with Gasteiger partial charge < -0.3 is 24.7 Å². The fourth-order valence-corrected chi connectivity index (χ4v) is 7.01. The van der Waals surface area contributed by atoms with E-state index in [-0.39, 0.29) is 23.8 Å². The molecule has 2 bridgehead atoms. The maximum Gasteiger partial charge on any atom is 0.310 e.